The molecule has 2 aromatic carbocycles. The second-order valence-electron chi connectivity index (χ2n) is 9.06. The van der Waals surface area contributed by atoms with Crippen LogP contribution in [0.1, 0.15) is 74.7 Å². The molecule has 2 aliphatic rings. The van der Waals surface area contributed by atoms with E-state index in [1.165, 1.54) is 0 Å². The highest BCUT2D eigenvalue weighted by atomic mass is 35.5. The highest BCUT2D eigenvalue weighted by molar-refractivity contribution is 6.47. The van der Waals surface area contributed by atoms with Crippen LogP contribution in [-0.2, 0) is 4.74 Å². The van der Waals surface area contributed by atoms with E-state index < -0.39 is 9.17 Å². The van der Waals surface area contributed by atoms with Gasteiger partial charge in [-0.15, -0.1) is 0 Å². The molecule has 0 fully saturated rings. The van der Waals surface area contributed by atoms with Crippen molar-refractivity contribution >= 4 is 46.4 Å². The van der Waals surface area contributed by atoms with Crippen LogP contribution in [0.2, 0.25) is 0 Å². The zero-order valence-electron chi connectivity index (χ0n) is 20.0. The summed E-state index contributed by atoms with van der Waals surface area (Å²) >= 11 is 22.1. The van der Waals surface area contributed by atoms with Crippen molar-refractivity contribution in [2.75, 3.05) is 13.6 Å². The number of hydrogen-bond donors (Lipinski definition) is 0. The number of ether oxygens (including phenoxy) is 5. The van der Waals surface area contributed by atoms with Gasteiger partial charge in [0.15, 0.2) is 23.0 Å². The first-order valence-electron chi connectivity index (χ1n) is 12.2. The van der Waals surface area contributed by atoms with Gasteiger partial charge in [0, 0.05) is 12.8 Å². The van der Waals surface area contributed by atoms with Crippen molar-refractivity contribution < 1.29 is 32.5 Å². The number of rotatable bonds is 14. The van der Waals surface area contributed by atoms with Gasteiger partial charge in [-0.25, -0.2) is 8.78 Å². The molecule has 5 nitrogen and oxygen atoms in total. The van der Waals surface area contributed by atoms with Crippen LogP contribution in [0.3, 0.4) is 0 Å². The summed E-state index contributed by atoms with van der Waals surface area (Å²) < 4.78 is 51.3. The largest absolute Gasteiger partial charge is 0.454 e. The SMILES string of the molecule is FC(Cl)(Cl)CCCCC(OC(CCCCC(F)(Cl)Cl)c1ccc2c(c1)OCO2)c1ccc2c(c1)OCO2. The van der Waals surface area contributed by atoms with Gasteiger partial charge in [-0.05, 0) is 61.1 Å². The summed E-state index contributed by atoms with van der Waals surface area (Å²) in [5.74, 6) is 2.61. The molecule has 0 aliphatic carbocycles. The molecule has 0 amide bonds. The van der Waals surface area contributed by atoms with Crippen LogP contribution >= 0.6 is 46.4 Å². The molecule has 0 bridgehead atoms. The van der Waals surface area contributed by atoms with Gasteiger partial charge in [0.2, 0.25) is 13.6 Å². The van der Waals surface area contributed by atoms with Crippen LogP contribution in [0.4, 0.5) is 8.78 Å². The third-order valence-corrected chi connectivity index (χ3v) is 6.97. The van der Waals surface area contributed by atoms with E-state index in [-0.39, 0.29) is 38.6 Å². The van der Waals surface area contributed by atoms with Crippen molar-refractivity contribution in [2.24, 2.45) is 0 Å². The molecule has 2 atom stereocenters. The van der Waals surface area contributed by atoms with Crippen molar-refractivity contribution in [3.63, 3.8) is 0 Å². The highest BCUT2D eigenvalue weighted by Gasteiger charge is 2.27. The Morgan fingerprint density at radius 1 is 0.649 bits per heavy atom. The predicted octanol–water partition coefficient (Wildman–Crippen LogP) is 9.27. The number of unbranched alkanes of at least 4 members (excludes halogenated alkanes) is 2. The monoisotopic (exact) mass is 598 g/mol. The van der Waals surface area contributed by atoms with Gasteiger partial charge < -0.3 is 23.7 Å². The number of benzene rings is 2. The molecule has 0 aromatic heterocycles. The van der Waals surface area contributed by atoms with Gasteiger partial charge >= 0.3 is 0 Å². The van der Waals surface area contributed by atoms with Gasteiger partial charge in [-0.1, -0.05) is 71.4 Å². The molecule has 4 rings (SSSR count). The minimum Gasteiger partial charge on any atom is -0.454 e. The highest BCUT2D eigenvalue weighted by Crippen LogP contribution is 2.42. The van der Waals surface area contributed by atoms with Crippen LogP contribution in [0.25, 0.3) is 0 Å². The summed E-state index contributed by atoms with van der Waals surface area (Å²) in [7, 11) is 0. The topological polar surface area (TPSA) is 46.2 Å². The maximum Gasteiger partial charge on any atom is 0.257 e. The summed E-state index contributed by atoms with van der Waals surface area (Å²) in [6.45, 7) is 0.316. The lowest BCUT2D eigenvalue weighted by Gasteiger charge is -2.27. The van der Waals surface area contributed by atoms with E-state index in [0.29, 0.717) is 61.5 Å². The molecule has 0 saturated carbocycles. The summed E-state index contributed by atoms with van der Waals surface area (Å²) in [4.78, 5) is 0. The van der Waals surface area contributed by atoms with E-state index in [1.807, 2.05) is 36.4 Å². The van der Waals surface area contributed by atoms with Crippen molar-refractivity contribution in [1.29, 1.82) is 0 Å². The summed E-state index contributed by atoms with van der Waals surface area (Å²) in [5, 5.41) is 0. The predicted molar refractivity (Wildman–Crippen MR) is 140 cm³/mol. The standard InChI is InChI=1S/C26H28Cl4F2O5/c27-25(28,31)11-3-1-5-19(17-7-9-21-23(13-17)35-15-33-21)37-20(6-2-4-12-26(29,30)32)18-8-10-22-24(14-18)36-16-34-22/h7-10,13-14,19-20H,1-6,11-12,15-16H2. The molecular formula is C26H28Cl4F2O5. The van der Waals surface area contributed by atoms with Crippen LogP contribution in [0.5, 0.6) is 23.0 Å². The minimum atomic E-state index is -2.26. The van der Waals surface area contributed by atoms with E-state index in [0.717, 1.165) is 11.1 Å². The van der Waals surface area contributed by atoms with Crippen molar-refractivity contribution in [1.82, 2.24) is 0 Å². The van der Waals surface area contributed by atoms with Gasteiger partial charge in [0.1, 0.15) is 0 Å². The van der Waals surface area contributed by atoms with Crippen LogP contribution < -0.4 is 18.9 Å². The molecule has 0 spiro atoms. The average Bonchev–Trinajstić information content (AvgIpc) is 3.49. The third kappa shape index (κ3) is 8.82. The lowest BCUT2D eigenvalue weighted by atomic mass is 9.99. The quantitative estimate of drug-likeness (QED) is 0.160. The molecule has 2 aromatic rings. The summed E-state index contributed by atoms with van der Waals surface area (Å²) in [6.07, 6.45) is 2.69. The maximum absolute atomic E-state index is 13.6. The van der Waals surface area contributed by atoms with E-state index in [2.05, 4.69) is 0 Å². The minimum absolute atomic E-state index is 0.0113. The zero-order valence-corrected chi connectivity index (χ0v) is 23.0. The zero-order chi connectivity index (χ0) is 26.5. The molecule has 2 heterocycles. The molecule has 0 saturated heterocycles. The van der Waals surface area contributed by atoms with E-state index >= 15 is 0 Å². The molecule has 0 N–H and O–H groups in total. The maximum atomic E-state index is 13.6. The smallest absolute Gasteiger partial charge is 0.257 e. The average molecular weight is 600 g/mol. The number of fused-ring (bicyclic) bond motifs is 2. The number of alkyl halides is 6. The Bertz CT molecular complexity index is 963. The van der Waals surface area contributed by atoms with Crippen LogP contribution in [-0.4, -0.2) is 22.8 Å². The van der Waals surface area contributed by atoms with Gasteiger partial charge in [-0.2, -0.15) is 0 Å². The fourth-order valence-electron chi connectivity index (χ4n) is 4.36. The van der Waals surface area contributed by atoms with E-state index in [1.54, 1.807) is 0 Å². The van der Waals surface area contributed by atoms with Crippen molar-refractivity contribution in [3.8, 4) is 23.0 Å². The second-order valence-corrected chi connectivity index (χ2v) is 11.8. The Kier molecular flexibility index (Phi) is 9.79. The molecule has 204 valence electrons. The number of halogens is 6. The Labute approximate surface area is 235 Å². The first-order valence-corrected chi connectivity index (χ1v) is 13.7. The van der Waals surface area contributed by atoms with Crippen molar-refractivity contribution in [2.45, 2.75) is 72.7 Å². The fraction of sp³-hybridized carbons (Fsp3) is 0.538. The fourth-order valence-corrected chi connectivity index (χ4v) is 4.90. The Morgan fingerprint density at radius 3 is 1.46 bits per heavy atom. The van der Waals surface area contributed by atoms with Gasteiger partial charge in [0.25, 0.3) is 9.17 Å². The Balaban J connectivity index is 1.53. The molecule has 0 radical (unpaired) electrons. The number of hydrogen-bond acceptors (Lipinski definition) is 5. The molecule has 2 unspecified atom stereocenters. The second kappa shape index (κ2) is 12.6. The van der Waals surface area contributed by atoms with E-state index in [9.17, 15) is 8.78 Å². The van der Waals surface area contributed by atoms with E-state index in [4.69, 9.17) is 70.1 Å². The van der Waals surface area contributed by atoms with Crippen LogP contribution in [0, 0.1) is 0 Å². The molecule has 37 heavy (non-hydrogen) atoms. The van der Waals surface area contributed by atoms with Crippen molar-refractivity contribution in [3.05, 3.63) is 47.5 Å². The Morgan fingerprint density at radius 2 is 1.05 bits per heavy atom. The normalized spacial score (nSPS) is 16.2. The Hall–Kier alpha value is -1.38. The first kappa shape index (κ1) is 28.6. The molecule has 11 heteroatoms. The lowest BCUT2D eigenvalue weighted by Crippen LogP contribution is -2.12. The molecular weight excluding hydrogens is 572 g/mol. The molecule has 2 aliphatic heterocycles. The lowest BCUT2D eigenvalue weighted by molar-refractivity contribution is -0.0267. The summed E-state index contributed by atoms with van der Waals surface area (Å²) in [6, 6.07) is 11.3. The van der Waals surface area contributed by atoms with Gasteiger partial charge in [0.05, 0.1) is 12.2 Å². The summed E-state index contributed by atoms with van der Waals surface area (Å²) in [5.41, 5.74) is 1.78. The third-order valence-electron chi connectivity index (χ3n) is 6.22. The first-order chi connectivity index (χ1) is 17.6. The van der Waals surface area contributed by atoms with Crippen LogP contribution in [0.15, 0.2) is 36.4 Å². The van der Waals surface area contributed by atoms with Gasteiger partial charge in [-0.3, -0.25) is 0 Å².